The number of methoxy groups -OCH3 is 1. The Morgan fingerprint density at radius 1 is 1.31 bits per heavy atom. The third-order valence-corrected chi connectivity index (χ3v) is 3.63. The Labute approximate surface area is 158 Å². The fourth-order valence-corrected chi connectivity index (χ4v) is 2.32. The number of pyridine rings is 1. The zero-order valence-corrected chi connectivity index (χ0v) is 16.4. The van der Waals surface area contributed by atoms with Gasteiger partial charge in [-0.1, -0.05) is 17.7 Å². The number of hydrogen-bond acceptors (Lipinski definition) is 6. The molecule has 0 aliphatic heterocycles. The third-order valence-electron chi connectivity index (χ3n) is 3.40. The van der Waals surface area contributed by atoms with Crippen LogP contribution in [0.3, 0.4) is 0 Å². The summed E-state index contributed by atoms with van der Waals surface area (Å²) in [6.07, 6.45) is 3.54. The van der Waals surface area contributed by atoms with Crippen molar-refractivity contribution in [3.63, 3.8) is 0 Å². The van der Waals surface area contributed by atoms with Gasteiger partial charge in [0.05, 0.1) is 7.11 Å². The molecule has 0 fully saturated rings. The number of carbonyl (C=O) groups is 3. The molecule has 0 N–H and O–H groups in total. The molecule has 1 aromatic heterocycles. The van der Waals surface area contributed by atoms with Crippen LogP contribution < -0.4 is 0 Å². The lowest BCUT2D eigenvalue weighted by atomic mass is 9.95. The summed E-state index contributed by atoms with van der Waals surface area (Å²) in [4.78, 5) is 40.7. The smallest absolute Gasteiger partial charge is 0.333 e. The summed E-state index contributed by atoms with van der Waals surface area (Å²) in [5.41, 5.74) is -0.222. The number of Topliss-reactive ketones (excluding diaryl/α,β-unsaturated/α-hetero) is 1. The van der Waals surface area contributed by atoms with Crippen molar-refractivity contribution in [3.8, 4) is 0 Å². The minimum Gasteiger partial charge on any atom is -0.466 e. The molecule has 6 nitrogen and oxygen atoms in total. The minimum atomic E-state index is -1.04. The standard InChI is InChI=1S/C19H24ClNO5/c1-12(17(23)25-5)7-6-8-14(18(24)26-19(2,3)4)16(22)15-11-13(20)9-10-21-15/h7,9-11,14H,6,8H2,1-5H3. The number of hydrogen-bond donors (Lipinski definition) is 0. The Morgan fingerprint density at radius 3 is 2.50 bits per heavy atom. The predicted molar refractivity (Wildman–Crippen MR) is 97.9 cm³/mol. The quantitative estimate of drug-likeness (QED) is 0.309. The summed E-state index contributed by atoms with van der Waals surface area (Å²) in [5, 5.41) is 0.354. The highest BCUT2D eigenvalue weighted by Crippen LogP contribution is 2.21. The second-order valence-corrected chi connectivity index (χ2v) is 7.20. The van der Waals surface area contributed by atoms with Crippen LogP contribution in [-0.4, -0.2) is 35.4 Å². The average Bonchev–Trinajstić information content (AvgIpc) is 2.55. The first kappa shape index (κ1) is 21.8. The maximum Gasteiger partial charge on any atom is 0.333 e. The molecule has 7 heteroatoms. The van der Waals surface area contributed by atoms with Crippen molar-refractivity contribution in [2.24, 2.45) is 5.92 Å². The van der Waals surface area contributed by atoms with Crippen LogP contribution in [0.25, 0.3) is 0 Å². The largest absolute Gasteiger partial charge is 0.466 e. The second-order valence-electron chi connectivity index (χ2n) is 6.77. The fourth-order valence-electron chi connectivity index (χ4n) is 2.16. The van der Waals surface area contributed by atoms with Gasteiger partial charge in [-0.05, 0) is 52.7 Å². The van der Waals surface area contributed by atoms with Gasteiger partial charge in [0.25, 0.3) is 0 Å². The van der Waals surface area contributed by atoms with Crippen LogP contribution in [0.5, 0.6) is 0 Å². The first-order valence-corrected chi connectivity index (χ1v) is 8.56. The first-order valence-electron chi connectivity index (χ1n) is 8.19. The van der Waals surface area contributed by atoms with E-state index in [1.165, 1.54) is 19.4 Å². The van der Waals surface area contributed by atoms with Gasteiger partial charge in [0.2, 0.25) is 0 Å². The van der Waals surface area contributed by atoms with Gasteiger partial charge in [0.1, 0.15) is 17.2 Å². The molecule has 1 heterocycles. The molecule has 0 amide bonds. The molecule has 0 bridgehead atoms. The Bertz CT molecular complexity index is 706. The summed E-state index contributed by atoms with van der Waals surface area (Å²) >= 11 is 5.91. The molecule has 0 radical (unpaired) electrons. The van der Waals surface area contributed by atoms with Crippen molar-refractivity contribution in [2.75, 3.05) is 7.11 Å². The van der Waals surface area contributed by atoms with E-state index in [2.05, 4.69) is 9.72 Å². The molecule has 0 aromatic carbocycles. The molecule has 142 valence electrons. The molecule has 0 aliphatic rings. The van der Waals surface area contributed by atoms with Crippen molar-refractivity contribution in [2.45, 2.75) is 46.1 Å². The molecule has 0 aliphatic carbocycles. The molecule has 1 rings (SSSR count). The Kier molecular flexibility index (Phi) is 7.96. The molecular weight excluding hydrogens is 358 g/mol. The van der Waals surface area contributed by atoms with Crippen LogP contribution in [0.2, 0.25) is 5.02 Å². The number of nitrogens with zero attached hydrogens (tertiary/aromatic N) is 1. The Hall–Kier alpha value is -2.21. The molecule has 1 unspecified atom stereocenters. The highest BCUT2D eigenvalue weighted by Gasteiger charge is 2.32. The minimum absolute atomic E-state index is 0.0991. The zero-order chi connectivity index (χ0) is 19.9. The lowest BCUT2D eigenvalue weighted by molar-refractivity contribution is -0.158. The van der Waals surface area contributed by atoms with Gasteiger partial charge in [-0.25, -0.2) is 4.79 Å². The molecule has 0 spiro atoms. The zero-order valence-electron chi connectivity index (χ0n) is 15.7. The molecule has 0 saturated carbocycles. The van der Waals surface area contributed by atoms with E-state index < -0.39 is 29.2 Å². The van der Waals surface area contributed by atoms with Crippen LogP contribution in [0.15, 0.2) is 30.0 Å². The van der Waals surface area contributed by atoms with E-state index >= 15 is 0 Å². The van der Waals surface area contributed by atoms with Gasteiger partial charge in [0.15, 0.2) is 5.78 Å². The predicted octanol–water partition coefficient (Wildman–Crippen LogP) is 3.78. The monoisotopic (exact) mass is 381 g/mol. The third kappa shape index (κ3) is 6.96. The van der Waals surface area contributed by atoms with Crippen LogP contribution in [0, 0.1) is 5.92 Å². The fraction of sp³-hybridized carbons (Fsp3) is 0.474. The SMILES string of the molecule is COC(=O)C(C)=CCCC(C(=O)OC(C)(C)C)C(=O)c1cc(Cl)ccn1. The van der Waals surface area contributed by atoms with Gasteiger partial charge in [0, 0.05) is 16.8 Å². The first-order chi connectivity index (χ1) is 12.0. The summed E-state index contributed by atoms with van der Waals surface area (Å²) in [5.74, 6) is -2.59. The Balaban J connectivity index is 3.00. The number of halogens is 1. The van der Waals surface area contributed by atoms with E-state index in [1.807, 2.05) is 0 Å². The van der Waals surface area contributed by atoms with E-state index in [1.54, 1.807) is 39.8 Å². The van der Waals surface area contributed by atoms with E-state index in [4.69, 9.17) is 16.3 Å². The number of esters is 2. The highest BCUT2D eigenvalue weighted by molar-refractivity contribution is 6.31. The average molecular weight is 382 g/mol. The van der Waals surface area contributed by atoms with Gasteiger partial charge in [-0.2, -0.15) is 0 Å². The van der Waals surface area contributed by atoms with Crippen molar-refractivity contribution in [1.29, 1.82) is 0 Å². The van der Waals surface area contributed by atoms with Crippen molar-refractivity contribution in [3.05, 3.63) is 40.7 Å². The second kappa shape index (κ2) is 9.48. The summed E-state index contributed by atoms with van der Waals surface area (Å²) < 4.78 is 9.99. The van der Waals surface area contributed by atoms with E-state index in [0.717, 1.165) is 0 Å². The number of aromatic nitrogens is 1. The number of carbonyl (C=O) groups excluding carboxylic acids is 3. The molecule has 26 heavy (non-hydrogen) atoms. The van der Waals surface area contributed by atoms with Gasteiger partial charge in [-0.3, -0.25) is 14.6 Å². The highest BCUT2D eigenvalue weighted by atomic mass is 35.5. The van der Waals surface area contributed by atoms with E-state index in [0.29, 0.717) is 17.0 Å². The molecule has 1 aromatic rings. The maximum absolute atomic E-state index is 12.8. The normalized spacial score (nSPS) is 13.1. The molecular formula is C19H24ClNO5. The summed E-state index contributed by atoms with van der Waals surface area (Å²) in [6, 6.07) is 2.96. The van der Waals surface area contributed by atoms with E-state index in [9.17, 15) is 14.4 Å². The van der Waals surface area contributed by atoms with Crippen molar-refractivity contribution in [1.82, 2.24) is 4.98 Å². The van der Waals surface area contributed by atoms with E-state index in [-0.39, 0.29) is 12.1 Å². The number of rotatable bonds is 7. The lowest BCUT2D eigenvalue weighted by Gasteiger charge is -2.23. The topological polar surface area (TPSA) is 82.6 Å². The lowest BCUT2D eigenvalue weighted by Crippen LogP contribution is -2.33. The van der Waals surface area contributed by atoms with Gasteiger partial charge >= 0.3 is 11.9 Å². The van der Waals surface area contributed by atoms with Crippen molar-refractivity contribution < 1.29 is 23.9 Å². The maximum atomic E-state index is 12.8. The van der Waals surface area contributed by atoms with Crippen LogP contribution in [0.1, 0.15) is 51.0 Å². The van der Waals surface area contributed by atoms with Crippen LogP contribution >= 0.6 is 11.6 Å². The van der Waals surface area contributed by atoms with Crippen LogP contribution in [0.4, 0.5) is 0 Å². The molecule has 0 saturated heterocycles. The number of allylic oxidation sites excluding steroid dienone is 1. The van der Waals surface area contributed by atoms with Gasteiger partial charge < -0.3 is 9.47 Å². The number of ketones is 1. The van der Waals surface area contributed by atoms with Crippen molar-refractivity contribution >= 4 is 29.3 Å². The summed E-state index contributed by atoms with van der Waals surface area (Å²) in [7, 11) is 1.29. The summed E-state index contributed by atoms with van der Waals surface area (Å²) in [6.45, 7) is 6.79. The Morgan fingerprint density at radius 2 is 1.96 bits per heavy atom. The van der Waals surface area contributed by atoms with Gasteiger partial charge in [-0.15, -0.1) is 0 Å². The number of ether oxygens (including phenoxy) is 2. The van der Waals surface area contributed by atoms with Crippen LogP contribution in [-0.2, 0) is 19.1 Å². The molecule has 1 atom stereocenters.